The second kappa shape index (κ2) is 15.5. The molecule has 1 rings (SSSR count). The van der Waals surface area contributed by atoms with Gasteiger partial charge in [0.15, 0.2) is 0 Å². The highest BCUT2D eigenvalue weighted by molar-refractivity contribution is 5.95. The number of hydrogen-bond donors (Lipinski definition) is 8. The standard InChI is InChI=1S/C22H37N7O7/c1-3-12(2)18(21(34)27-15(22(35)36)6-4-5-7-23)29-20(33)16(9-17(30)31)28-19(32)14(24)8-13-10-25-11-26-13/h10-12,14-16,18H,3-9,23-24H2,1-2H3,(H,25,26)(H,27,34)(H,28,32)(H,29,33)(H,30,31)(H,35,36). The molecule has 5 unspecified atom stereocenters. The van der Waals surface area contributed by atoms with Crippen LogP contribution >= 0.6 is 0 Å². The topological polar surface area (TPSA) is 243 Å². The summed E-state index contributed by atoms with van der Waals surface area (Å²) in [6.45, 7) is 3.84. The number of amides is 3. The van der Waals surface area contributed by atoms with Gasteiger partial charge in [-0.2, -0.15) is 0 Å². The summed E-state index contributed by atoms with van der Waals surface area (Å²) in [5, 5.41) is 25.9. The van der Waals surface area contributed by atoms with Crippen molar-refractivity contribution in [2.45, 2.75) is 76.5 Å². The maximum Gasteiger partial charge on any atom is 0.326 e. The summed E-state index contributed by atoms with van der Waals surface area (Å²) in [4.78, 5) is 68.0. The monoisotopic (exact) mass is 511 g/mol. The molecule has 14 heteroatoms. The summed E-state index contributed by atoms with van der Waals surface area (Å²) >= 11 is 0. The highest BCUT2D eigenvalue weighted by Crippen LogP contribution is 2.11. The first-order valence-electron chi connectivity index (χ1n) is 11.8. The van der Waals surface area contributed by atoms with E-state index in [0.717, 1.165) is 0 Å². The fourth-order valence-electron chi connectivity index (χ4n) is 3.36. The Morgan fingerprint density at radius 3 is 2.22 bits per heavy atom. The van der Waals surface area contributed by atoms with E-state index in [4.69, 9.17) is 11.5 Å². The lowest BCUT2D eigenvalue weighted by Gasteiger charge is -2.27. The molecule has 3 amide bonds. The van der Waals surface area contributed by atoms with Crippen LogP contribution in [0.5, 0.6) is 0 Å². The number of carbonyl (C=O) groups excluding carboxylic acids is 3. The summed E-state index contributed by atoms with van der Waals surface area (Å²) in [7, 11) is 0. The number of nitrogens with zero attached hydrogens (tertiary/aromatic N) is 1. The molecule has 0 fully saturated rings. The minimum atomic E-state index is -1.51. The van der Waals surface area contributed by atoms with Crippen molar-refractivity contribution in [3.05, 3.63) is 18.2 Å². The van der Waals surface area contributed by atoms with Gasteiger partial charge in [0.1, 0.15) is 18.1 Å². The number of imidazole rings is 1. The second-order valence-corrected chi connectivity index (χ2v) is 8.60. The Hall–Kier alpha value is -3.52. The van der Waals surface area contributed by atoms with E-state index in [-0.39, 0.29) is 12.8 Å². The molecular weight excluding hydrogens is 474 g/mol. The van der Waals surface area contributed by atoms with Crippen molar-refractivity contribution in [2.75, 3.05) is 6.54 Å². The first-order chi connectivity index (χ1) is 17.0. The first-order valence-corrected chi connectivity index (χ1v) is 11.8. The number of aliphatic carboxylic acids is 2. The zero-order chi connectivity index (χ0) is 27.3. The SMILES string of the molecule is CCC(C)C(NC(=O)C(CC(=O)O)NC(=O)C(N)Cc1cnc[nH]1)C(=O)NC(CCCCN)C(=O)O. The lowest BCUT2D eigenvalue weighted by molar-refractivity contribution is -0.143. The Morgan fingerprint density at radius 1 is 1.03 bits per heavy atom. The normalized spacial score (nSPS) is 15.1. The Bertz CT molecular complexity index is 878. The number of H-pyrrole nitrogens is 1. The number of carboxylic acid groups (broad SMARTS) is 2. The molecule has 0 aliphatic rings. The number of carbonyl (C=O) groups is 5. The van der Waals surface area contributed by atoms with Crippen molar-refractivity contribution in [1.29, 1.82) is 0 Å². The maximum atomic E-state index is 13.0. The Morgan fingerprint density at radius 2 is 1.69 bits per heavy atom. The molecule has 1 aromatic heterocycles. The summed E-state index contributed by atoms with van der Waals surface area (Å²) in [5.41, 5.74) is 11.9. The van der Waals surface area contributed by atoms with Gasteiger partial charge >= 0.3 is 11.9 Å². The van der Waals surface area contributed by atoms with Crippen LogP contribution in [-0.4, -0.2) is 80.6 Å². The van der Waals surface area contributed by atoms with E-state index in [1.54, 1.807) is 13.8 Å². The van der Waals surface area contributed by atoms with E-state index >= 15 is 0 Å². The molecule has 0 spiro atoms. The summed E-state index contributed by atoms with van der Waals surface area (Å²) in [6.07, 6.45) is 3.90. The van der Waals surface area contributed by atoms with E-state index in [1.807, 2.05) is 0 Å². The number of aromatic amines is 1. The van der Waals surface area contributed by atoms with Crippen LogP contribution in [0.2, 0.25) is 0 Å². The van der Waals surface area contributed by atoms with Crippen LogP contribution < -0.4 is 27.4 Å². The summed E-state index contributed by atoms with van der Waals surface area (Å²) in [5.74, 6) is -5.40. The van der Waals surface area contributed by atoms with Gasteiger partial charge in [0.2, 0.25) is 17.7 Å². The van der Waals surface area contributed by atoms with Gasteiger partial charge in [0.05, 0.1) is 18.8 Å². The number of hydrogen-bond acceptors (Lipinski definition) is 8. The largest absolute Gasteiger partial charge is 0.481 e. The Labute approximate surface area is 209 Å². The van der Waals surface area contributed by atoms with Gasteiger partial charge in [-0.05, 0) is 31.7 Å². The third-order valence-electron chi connectivity index (χ3n) is 5.70. The van der Waals surface area contributed by atoms with E-state index in [9.17, 15) is 34.2 Å². The predicted molar refractivity (Wildman–Crippen MR) is 128 cm³/mol. The van der Waals surface area contributed by atoms with Crippen LogP contribution in [0.3, 0.4) is 0 Å². The van der Waals surface area contributed by atoms with Gasteiger partial charge in [-0.3, -0.25) is 19.2 Å². The van der Waals surface area contributed by atoms with Crippen molar-refractivity contribution in [1.82, 2.24) is 25.9 Å². The first kappa shape index (κ1) is 30.5. The van der Waals surface area contributed by atoms with Crippen LogP contribution in [0.15, 0.2) is 12.5 Å². The molecule has 0 saturated carbocycles. The van der Waals surface area contributed by atoms with Crippen molar-refractivity contribution in [2.24, 2.45) is 17.4 Å². The zero-order valence-corrected chi connectivity index (χ0v) is 20.5. The molecule has 36 heavy (non-hydrogen) atoms. The molecule has 0 radical (unpaired) electrons. The van der Waals surface area contributed by atoms with Crippen molar-refractivity contribution in [3.63, 3.8) is 0 Å². The third-order valence-corrected chi connectivity index (χ3v) is 5.70. The number of rotatable bonds is 17. The van der Waals surface area contributed by atoms with E-state index in [0.29, 0.717) is 31.5 Å². The number of nitrogens with one attached hydrogen (secondary N) is 4. The van der Waals surface area contributed by atoms with Crippen LogP contribution in [-0.2, 0) is 30.4 Å². The molecule has 14 nitrogen and oxygen atoms in total. The van der Waals surface area contributed by atoms with Gasteiger partial charge in [-0.1, -0.05) is 20.3 Å². The average Bonchev–Trinajstić information content (AvgIpc) is 3.33. The fraction of sp³-hybridized carbons (Fsp3) is 0.636. The van der Waals surface area contributed by atoms with Crippen LogP contribution in [0.4, 0.5) is 0 Å². The Kier molecular flexibility index (Phi) is 13.1. The second-order valence-electron chi connectivity index (χ2n) is 8.60. The molecule has 0 aliphatic heterocycles. The molecule has 1 aromatic rings. The molecule has 1 heterocycles. The molecule has 0 aliphatic carbocycles. The number of nitrogens with two attached hydrogens (primary N) is 2. The smallest absolute Gasteiger partial charge is 0.326 e. The lowest BCUT2D eigenvalue weighted by atomic mass is 9.97. The molecule has 10 N–H and O–H groups in total. The van der Waals surface area contributed by atoms with Gasteiger partial charge in [0, 0.05) is 18.3 Å². The van der Waals surface area contributed by atoms with Crippen molar-refractivity contribution in [3.8, 4) is 0 Å². The van der Waals surface area contributed by atoms with E-state index in [1.165, 1.54) is 12.5 Å². The fourth-order valence-corrected chi connectivity index (χ4v) is 3.36. The quantitative estimate of drug-likeness (QED) is 0.112. The van der Waals surface area contributed by atoms with Gasteiger partial charge < -0.3 is 42.6 Å². The molecule has 5 atom stereocenters. The van der Waals surface area contributed by atoms with Gasteiger partial charge in [0.25, 0.3) is 0 Å². The molecule has 0 saturated heterocycles. The number of carboxylic acids is 2. The molecule has 202 valence electrons. The highest BCUT2D eigenvalue weighted by atomic mass is 16.4. The number of unbranched alkanes of at least 4 members (excludes halogenated alkanes) is 1. The van der Waals surface area contributed by atoms with Gasteiger partial charge in [-0.15, -0.1) is 0 Å². The number of aromatic nitrogens is 2. The lowest BCUT2D eigenvalue weighted by Crippen LogP contribution is -2.59. The van der Waals surface area contributed by atoms with Crippen LogP contribution in [0.1, 0.15) is 51.6 Å². The summed E-state index contributed by atoms with van der Waals surface area (Å²) < 4.78 is 0. The maximum absolute atomic E-state index is 13.0. The molecule has 0 bridgehead atoms. The van der Waals surface area contributed by atoms with Crippen molar-refractivity contribution >= 4 is 29.7 Å². The minimum absolute atomic E-state index is 0.0753. The molecule has 0 aromatic carbocycles. The molecular formula is C22H37N7O7. The third kappa shape index (κ3) is 10.4. The summed E-state index contributed by atoms with van der Waals surface area (Å²) in [6, 6.07) is -4.94. The van der Waals surface area contributed by atoms with Crippen molar-refractivity contribution < 1.29 is 34.2 Å². The van der Waals surface area contributed by atoms with E-state index in [2.05, 4.69) is 25.9 Å². The van der Waals surface area contributed by atoms with Crippen LogP contribution in [0, 0.1) is 5.92 Å². The predicted octanol–water partition coefficient (Wildman–Crippen LogP) is -1.53. The average molecular weight is 512 g/mol. The zero-order valence-electron chi connectivity index (χ0n) is 20.5. The Balaban J connectivity index is 2.95. The minimum Gasteiger partial charge on any atom is -0.481 e. The van der Waals surface area contributed by atoms with E-state index < -0.39 is 66.2 Å². The van der Waals surface area contributed by atoms with Crippen LogP contribution in [0.25, 0.3) is 0 Å². The van der Waals surface area contributed by atoms with Gasteiger partial charge in [-0.25, -0.2) is 9.78 Å². The highest BCUT2D eigenvalue weighted by Gasteiger charge is 2.33.